The molecule has 7 nitrogen and oxygen atoms in total. The quantitative estimate of drug-likeness (QED) is 0.587. The molecular formula is C26H34F3N3O4. The third-order valence-corrected chi connectivity index (χ3v) is 7.66. The highest BCUT2D eigenvalue weighted by Crippen LogP contribution is 2.53. The van der Waals surface area contributed by atoms with Crippen molar-refractivity contribution >= 4 is 5.91 Å². The summed E-state index contributed by atoms with van der Waals surface area (Å²) in [5.74, 6) is -0.349. The third-order valence-electron chi connectivity index (χ3n) is 7.66. The van der Waals surface area contributed by atoms with E-state index >= 15 is 0 Å². The number of ether oxygens (including phenoxy) is 1. The van der Waals surface area contributed by atoms with Crippen molar-refractivity contribution in [1.29, 1.82) is 0 Å². The van der Waals surface area contributed by atoms with Gasteiger partial charge in [-0.15, -0.1) is 0 Å². The van der Waals surface area contributed by atoms with Gasteiger partial charge in [0, 0.05) is 30.0 Å². The van der Waals surface area contributed by atoms with Crippen molar-refractivity contribution in [2.45, 2.75) is 70.2 Å². The number of carbonyl (C=O) groups is 1. The average Bonchev–Trinajstić information content (AvgIpc) is 2.81. The number of aromatic nitrogens is 1. The second-order valence-electron chi connectivity index (χ2n) is 9.43. The van der Waals surface area contributed by atoms with Crippen LogP contribution in [0.2, 0.25) is 0 Å². The van der Waals surface area contributed by atoms with Gasteiger partial charge in [0.25, 0.3) is 11.5 Å². The van der Waals surface area contributed by atoms with Crippen molar-refractivity contribution in [3.8, 4) is 5.75 Å². The number of aliphatic hydroxyl groups is 1. The molecule has 0 saturated carbocycles. The molecule has 1 aliphatic carbocycles. The average molecular weight is 510 g/mol. The molecule has 3 atom stereocenters. The van der Waals surface area contributed by atoms with Gasteiger partial charge in [0.05, 0.1) is 19.3 Å². The number of nitrogens with zero attached hydrogens (tertiary/aromatic N) is 1. The summed E-state index contributed by atoms with van der Waals surface area (Å²) in [6, 6.07) is 5.93. The number of carbonyl (C=O) groups excluding carboxylic acids is 1. The molecule has 2 aromatic rings. The molecule has 1 fully saturated rings. The maximum absolute atomic E-state index is 13.3. The van der Waals surface area contributed by atoms with Gasteiger partial charge in [-0.1, -0.05) is 19.9 Å². The Balaban J connectivity index is 0.00000176. The summed E-state index contributed by atoms with van der Waals surface area (Å²) < 4.78 is 45.4. The topological polar surface area (TPSA) is 109 Å². The van der Waals surface area contributed by atoms with Gasteiger partial charge in [0.2, 0.25) is 0 Å². The first-order valence-electron chi connectivity index (χ1n) is 12.0. The Morgan fingerprint density at radius 3 is 2.53 bits per heavy atom. The van der Waals surface area contributed by atoms with E-state index in [0.717, 1.165) is 11.1 Å². The van der Waals surface area contributed by atoms with Crippen molar-refractivity contribution in [3.63, 3.8) is 0 Å². The van der Waals surface area contributed by atoms with Crippen LogP contribution in [0.5, 0.6) is 5.75 Å². The highest BCUT2D eigenvalue weighted by molar-refractivity contribution is 5.92. The van der Waals surface area contributed by atoms with E-state index in [1.807, 2.05) is 32.9 Å². The molecule has 4 rings (SSSR count). The van der Waals surface area contributed by atoms with Gasteiger partial charge in [-0.3, -0.25) is 14.5 Å². The number of aromatic amines is 1. The molecule has 0 radical (unpaired) electrons. The molecule has 36 heavy (non-hydrogen) atoms. The van der Waals surface area contributed by atoms with Crippen LogP contribution in [0.4, 0.5) is 13.2 Å². The second-order valence-corrected chi connectivity index (χ2v) is 9.43. The summed E-state index contributed by atoms with van der Waals surface area (Å²) in [4.78, 5) is 28.2. The van der Waals surface area contributed by atoms with Gasteiger partial charge in [-0.05, 0) is 61.7 Å². The number of nitrogens with one attached hydrogen (secondary N) is 1. The number of H-pyrrole nitrogens is 1. The van der Waals surface area contributed by atoms with E-state index in [4.69, 9.17) is 10.5 Å². The Bertz CT molecular complexity index is 1200. The summed E-state index contributed by atoms with van der Waals surface area (Å²) in [5, 5.41) is 12.3. The summed E-state index contributed by atoms with van der Waals surface area (Å²) in [7, 11) is 1.52. The SMILES string of the molecule is CC.COc1ccc(C)c(C23CCN(CC(F)(F)F)C(C)C2(O)Cc2cc(C(N)=O)c(=O)[nH]c2C3)c1. The minimum absolute atomic E-state index is 0.0500. The monoisotopic (exact) mass is 509 g/mol. The molecule has 1 aromatic heterocycles. The molecular weight excluding hydrogens is 475 g/mol. The number of benzene rings is 1. The number of pyridine rings is 1. The summed E-state index contributed by atoms with van der Waals surface area (Å²) >= 11 is 0. The zero-order valence-electron chi connectivity index (χ0n) is 21.3. The first-order chi connectivity index (χ1) is 16.8. The number of likely N-dealkylation sites (tertiary alicyclic amines) is 1. The van der Waals surface area contributed by atoms with Gasteiger partial charge in [0.15, 0.2) is 0 Å². The van der Waals surface area contributed by atoms with Crippen LogP contribution >= 0.6 is 0 Å². The van der Waals surface area contributed by atoms with Crippen LogP contribution in [0.3, 0.4) is 0 Å². The Hall–Kier alpha value is -2.85. The highest BCUT2D eigenvalue weighted by atomic mass is 19.4. The summed E-state index contributed by atoms with van der Waals surface area (Å²) in [6.45, 7) is 6.44. The number of halogens is 3. The Kier molecular flexibility index (Phi) is 7.62. The van der Waals surface area contributed by atoms with Crippen LogP contribution in [0.15, 0.2) is 29.1 Å². The lowest BCUT2D eigenvalue weighted by Gasteiger charge is -2.60. The van der Waals surface area contributed by atoms with Crippen molar-refractivity contribution < 1.29 is 27.8 Å². The number of amides is 1. The minimum atomic E-state index is -4.42. The standard InChI is InChI=1S/C24H28F3N3O4.C2H6/c1-13-4-5-16(34-3)9-18(13)22-6-7-30(12-24(25,26)27)14(2)23(22,33)10-15-8-17(20(28)31)21(32)29-19(15)11-22;1-2/h4-5,8-9,14,33H,6-7,10-12H2,1-3H3,(H2,28,31)(H,29,32);1-2H3. The van der Waals surface area contributed by atoms with E-state index in [9.17, 15) is 27.9 Å². The molecule has 1 saturated heterocycles. The Labute approximate surface area is 208 Å². The van der Waals surface area contributed by atoms with Crippen LogP contribution < -0.4 is 16.0 Å². The van der Waals surface area contributed by atoms with Crippen LogP contribution in [0.25, 0.3) is 0 Å². The van der Waals surface area contributed by atoms with Crippen molar-refractivity contribution in [2.75, 3.05) is 20.2 Å². The number of aryl methyl sites for hydroxylation is 1. The number of primary amides is 1. The fraction of sp³-hybridized carbons (Fsp3) is 0.538. The van der Waals surface area contributed by atoms with E-state index < -0.39 is 41.2 Å². The zero-order chi connectivity index (χ0) is 27.1. The maximum atomic E-state index is 13.3. The fourth-order valence-corrected chi connectivity index (χ4v) is 5.86. The second kappa shape index (κ2) is 9.89. The lowest BCUT2D eigenvalue weighted by molar-refractivity contribution is -0.190. The molecule has 1 aromatic carbocycles. The van der Waals surface area contributed by atoms with E-state index in [1.54, 1.807) is 13.0 Å². The van der Waals surface area contributed by atoms with Crippen LogP contribution in [-0.2, 0) is 18.3 Å². The van der Waals surface area contributed by atoms with Gasteiger partial charge >= 0.3 is 6.18 Å². The lowest BCUT2D eigenvalue weighted by atomic mass is 9.53. The number of hydrogen-bond acceptors (Lipinski definition) is 5. The van der Waals surface area contributed by atoms with Crippen molar-refractivity contribution in [1.82, 2.24) is 9.88 Å². The number of fused-ring (bicyclic) bond motifs is 2. The van der Waals surface area contributed by atoms with E-state index in [0.29, 0.717) is 17.0 Å². The number of nitrogens with two attached hydrogens (primary N) is 1. The molecule has 198 valence electrons. The molecule has 2 aliphatic rings. The van der Waals surface area contributed by atoms with E-state index in [2.05, 4.69) is 4.98 Å². The number of piperidine rings is 1. The molecule has 0 bridgehead atoms. The van der Waals surface area contributed by atoms with Gasteiger partial charge in [-0.25, -0.2) is 0 Å². The minimum Gasteiger partial charge on any atom is -0.497 e. The molecule has 1 amide bonds. The summed E-state index contributed by atoms with van der Waals surface area (Å²) in [6.07, 6.45) is -4.05. The Morgan fingerprint density at radius 1 is 1.28 bits per heavy atom. The van der Waals surface area contributed by atoms with Gasteiger partial charge in [0.1, 0.15) is 11.3 Å². The maximum Gasteiger partial charge on any atom is 0.401 e. The molecule has 4 N–H and O–H groups in total. The Morgan fingerprint density at radius 2 is 1.94 bits per heavy atom. The van der Waals surface area contributed by atoms with Crippen molar-refractivity contribution in [2.24, 2.45) is 5.73 Å². The molecule has 10 heteroatoms. The predicted molar refractivity (Wildman–Crippen MR) is 130 cm³/mol. The predicted octanol–water partition coefficient (Wildman–Crippen LogP) is 3.24. The van der Waals surface area contributed by atoms with Gasteiger partial charge in [-0.2, -0.15) is 13.2 Å². The fourth-order valence-electron chi connectivity index (χ4n) is 5.86. The van der Waals surface area contributed by atoms with Crippen LogP contribution in [0, 0.1) is 6.92 Å². The normalized spacial score (nSPS) is 25.8. The molecule has 2 heterocycles. The zero-order valence-corrected chi connectivity index (χ0v) is 21.3. The molecule has 3 unspecified atom stereocenters. The number of rotatable bonds is 4. The molecule has 0 spiro atoms. The number of methoxy groups -OCH3 is 1. The van der Waals surface area contributed by atoms with Crippen LogP contribution in [0.1, 0.15) is 59.9 Å². The third kappa shape index (κ3) is 4.64. The van der Waals surface area contributed by atoms with Crippen molar-refractivity contribution in [3.05, 3.63) is 62.6 Å². The molecule has 1 aliphatic heterocycles. The first kappa shape index (κ1) is 27.7. The largest absolute Gasteiger partial charge is 0.497 e. The first-order valence-corrected chi connectivity index (χ1v) is 12.0. The van der Waals surface area contributed by atoms with Gasteiger partial charge < -0.3 is 20.6 Å². The highest BCUT2D eigenvalue weighted by Gasteiger charge is 2.61. The van der Waals surface area contributed by atoms with E-state index in [-0.39, 0.29) is 31.4 Å². The number of hydrogen-bond donors (Lipinski definition) is 3. The number of alkyl halides is 3. The lowest BCUT2D eigenvalue weighted by Crippen LogP contribution is -2.71. The van der Waals surface area contributed by atoms with E-state index in [1.165, 1.54) is 18.1 Å². The van der Waals surface area contributed by atoms with Crippen LogP contribution in [-0.4, -0.2) is 58.9 Å². The smallest absolute Gasteiger partial charge is 0.401 e. The summed E-state index contributed by atoms with van der Waals surface area (Å²) in [5.41, 5.74) is 4.49.